The molecule has 2 unspecified atom stereocenters. The van der Waals surface area contributed by atoms with Crippen LogP contribution in [0.1, 0.15) is 25.5 Å². The van der Waals surface area contributed by atoms with Gasteiger partial charge in [-0.25, -0.2) is 4.99 Å². The summed E-state index contributed by atoms with van der Waals surface area (Å²) in [6.45, 7) is 4.30. The summed E-state index contributed by atoms with van der Waals surface area (Å²) < 4.78 is 11.5. The van der Waals surface area contributed by atoms with Crippen LogP contribution < -0.4 is 0 Å². The third-order valence-corrected chi connectivity index (χ3v) is 2.81. The van der Waals surface area contributed by atoms with Gasteiger partial charge < -0.3 is 9.47 Å². The Kier molecular flexibility index (Phi) is 3.69. The summed E-state index contributed by atoms with van der Waals surface area (Å²) in [6.07, 6.45) is -0.129. The molecule has 1 heterocycles. The number of nitrogens with zero attached hydrogens (tertiary/aromatic N) is 1. The molecule has 1 aromatic rings. The minimum absolute atomic E-state index is 0.122. The number of ether oxygens (including phenoxy) is 2. The number of aliphatic imine (C=N–C) groups is 1. The highest BCUT2D eigenvalue weighted by atomic mass is 32.1. The molecule has 1 fully saturated rings. The van der Waals surface area contributed by atoms with E-state index in [0.717, 1.165) is 5.56 Å². The SMILES string of the molecule is CC1(C)OCC(N=C=S)C(c2ccccc2)O1. The van der Waals surface area contributed by atoms with Crippen LogP contribution in [0.2, 0.25) is 0 Å². The van der Waals surface area contributed by atoms with Crippen molar-refractivity contribution in [3.8, 4) is 0 Å². The molecule has 2 atom stereocenters. The number of hydrogen-bond donors (Lipinski definition) is 0. The number of rotatable bonds is 2. The van der Waals surface area contributed by atoms with Crippen molar-refractivity contribution in [2.24, 2.45) is 4.99 Å². The van der Waals surface area contributed by atoms with Crippen LogP contribution in [-0.2, 0) is 9.47 Å². The Hall–Kier alpha value is -1.06. The van der Waals surface area contributed by atoms with Crippen LogP contribution >= 0.6 is 12.2 Å². The van der Waals surface area contributed by atoms with Crippen molar-refractivity contribution >= 4 is 17.4 Å². The van der Waals surface area contributed by atoms with Crippen molar-refractivity contribution in [2.75, 3.05) is 6.61 Å². The van der Waals surface area contributed by atoms with Gasteiger partial charge in [0.05, 0.1) is 11.8 Å². The summed E-state index contributed by atoms with van der Waals surface area (Å²) in [6, 6.07) is 9.88. The van der Waals surface area contributed by atoms with E-state index in [1.165, 1.54) is 0 Å². The van der Waals surface area contributed by atoms with Crippen LogP contribution in [0.25, 0.3) is 0 Å². The van der Waals surface area contributed by atoms with E-state index in [4.69, 9.17) is 9.47 Å². The van der Waals surface area contributed by atoms with Crippen LogP contribution in [0.4, 0.5) is 0 Å². The highest BCUT2D eigenvalue weighted by Gasteiger charge is 2.37. The van der Waals surface area contributed by atoms with E-state index in [0.29, 0.717) is 6.61 Å². The Morgan fingerprint density at radius 2 is 2.06 bits per heavy atom. The molecule has 0 N–H and O–H groups in total. The molecule has 2 rings (SSSR count). The molecule has 0 spiro atoms. The molecule has 0 aromatic heterocycles. The molecule has 0 amide bonds. The van der Waals surface area contributed by atoms with Crippen molar-refractivity contribution in [1.29, 1.82) is 0 Å². The van der Waals surface area contributed by atoms with Crippen molar-refractivity contribution in [3.05, 3.63) is 35.9 Å². The summed E-state index contributed by atoms with van der Waals surface area (Å²) in [5, 5.41) is 2.41. The topological polar surface area (TPSA) is 30.8 Å². The van der Waals surface area contributed by atoms with E-state index in [2.05, 4.69) is 22.4 Å². The second kappa shape index (κ2) is 5.07. The standard InChI is InChI=1S/C13H15NO2S/c1-13(2)15-8-11(14-9-17)12(16-13)10-6-4-3-5-7-10/h3-7,11-12H,8H2,1-2H3. The summed E-state index contributed by atoms with van der Waals surface area (Å²) in [5.41, 5.74) is 1.09. The van der Waals surface area contributed by atoms with Gasteiger partial charge in [-0.1, -0.05) is 30.3 Å². The third kappa shape index (κ3) is 2.99. The van der Waals surface area contributed by atoms with E-state index in [1.807, 2.05) is 44.2 Å². The first-order chi connectivity index (χ1) is 8.12. The van der Waals surface area contributed by atoms with Crippen molar-refractivity contribution in [3.63, 3.8) is 0 Å². The Morgan fingerprint density at radius 3 is 2.71 bits per heavy atom. The monoisotopic (exact) mass is 249 g/mol. The van der Waals surface area contributed by atoms with Gasteiger partial charge in [-0.2, -0.15) is 0 Å². The molecule has 0 aliphatic carbocycles. The molecular formula is C13H15NO2S. The minimum Gasteiger partial charge on any atom is -0.348 e. The largest absolute Gasteiger partial charge is 0.348 e. The molecule has 90 valence electrons. The fraction of sp³-hybridized carbons (Fsp3) is 0.462. The normalized spacial score (nSPS) is 27.2. The predicted molar refractivity (Wildman–Crippen MR) is 69.1 cm³/mol. The molecule has 0 bridgehead atoms. The lowest BCUT2D eigenvalue weighted by atomic mass is 10.0. The van der Waals surface area contributed by atoms with E-state index < -0.39 is 5.79 Å². The number of benzene rings is 1. The van der Waals surface area contributed by atoms with Crippen LogP contribution in [0.15, 0.2) is 35.3 Å². The van der Waals surface area contributed by atoms with Gasteiger partial charge in [0, 0.05) is 0 Å². The zero-order valence-electron chi connectivity index (χ0n) is 9.92. The van der Waals surface area contributed by atoms with Crippen molar-refractivity contribution < 1.29 is 9.47 Å². The van der Waals surface area contributed by atoms with Gasteiger partial charge >= 0.3 is 0 Å². The zero-order chi connectivity index (χ0) is 12.3. The van der Waals surface area contributed by atoms with Crippen LogP contribution in [-0.4, -0.2) is 23.6 Å². The fourth-order valence-corrected chi connectivity index (χ4v) is 2.03. The lowest BCUT2D eigenvalue weighted by molar-refractivity contribution is -0.281. The second-order valence-electron chi connectivity index (χ2n) is 4.45. The second-order valence-corrected chi connectivity index (χ2v) is 4.63. The van der Waals surface area contributed by atoms with Gasteiger partial charge in [-0.3, -0.25) is 0 Å². The van der Waals surface area contributed by atoms with Gasteiger partial charge in [0.25, 0.3) is 0 Å². The molecule has 1 aliphatic heterocycles. The Labute approximate surface area is 106 Å². The lowest BCUT2D eigenvalue weighted by Crippen LogP contribution is -2.43. The fourth-order valence-electron chi connectivity index (χ4n) is 1.90. The Morgan fingerprint density at radius 1 is 1.35 bits per heavy atom. The summed E-state index contributed by atoms with van der Waals surface area (Å²) in [4.78, 5) is 4.12. The van der Waals surface area contributed by atoms with E-state index in [9.17, 15) is 0 Å². The quantitative estimate of drug-likeness (QED) is 0.596. The van der Waals surface area contributed by atoms with Crippen molar-refractivity contribution in [1.82, 2.24) is 0 Å². The first-order valence-electron chi connectivity index (χ1n) is 5.56. The minimum atomic E-state index is -0.589. The molecule has 0 saturated carbocycles. The number of hydrogen-bond acceptors (Lipinski definition) is 4. The Balaban J connectivity index is 2.28. The number of thiocarbonyl (C=S) groups is 1. The third-order valence-electron chi connectivity index (χ3n) is 2.71. The van der Waals surface area contributed by atoms with E-state index >= 15 is 0 Å². The van der Waals surface area contributed by atoms with Gasteiger partial charge in [0.1, 0.15) is 12.1 Å². The molecule has 1 aromatic carbocycles. The first kappa shape index (κ1) is 12.4. The van der Waals surface area contributed by atoms with Crippen LogP contribution in [0.5, 0.6) is 0 Å². The lowest BCUT2D eigenvalue weighted by Gasteiger charge is -2.39. The smallest absolute Gasteiger partial charge is 0.163 e. The van der Waals surface area contributed by atoms with Gasteiger partial charge in [0.15, 0.2) is 5.79 Å². The van der Waals surface area contributed by atoms with E-state index in [-0.39, 0.29) is 12.1 Å². The number of isothiocyanates is 1. The maximum Gasteiger partial charge on any atom is 0.163 e. The summed E-state index contributed by atoms with van der Waals surface area (Å²) >= 11 is 4.67. The zero-order valence-corrected chi connectivity index (χ0v) is 10.7. The van der Waals surface area contributed by atoms with Crippen LogP contribution in [0, 0.1) is 0 Å². The molecule has 0 radical (unpaired) electrons. The van der Waals surface area contributed by atoms with E-state index in [1.54, 1.807) is 0 Å². The maximum atomic E-state index is 5.92. The average Bonchev–Trinajstić information content (AvgIpc) is 2.32. The van der Waals surface area contributed by atoms with Crippen LogP contribution in [0.3, 0.4) is 0 Å². The highest BCUT2D eigenvalue weighted by Crippen LogP contribution is 2.34. The summed E-state index contributed by atoms with van der Waals surface area (Å²) in [7, 11) is 0. The molecule has 3 nitrogen and oxygen atoms in total. The maximum absolute atomic E-state index is 5.92. The molecule has 1 saturated heterocycles. The molecular weight excluding hydrogens is 234 g/mol. The van der Waals surface area contributed by atoms with Gasteiger partial charge in [-0.05, 0) is 31.6 Å². The van der Waals surface area contributed by atoms with Gasteiger partial charge in [-0.15, -0.1) is 0 Å². The average molecular weight is 249 g/mol. The van der Waals surface area contributed by atoms with Gasteiger partial charge in [0.2, 0.25) is 0 Å². The first-order valence-corrected chi connectivity index (χ1v) is 5.97. The molecule has 17 heavy (non-hydrogen) atoms. The summed E-state index contributed by atoms with van der Waals surface area (Å²) in [5.74, 6) is -0.589. The highest BCUT2D eigenvalue weighted by molar-refractivity contribution is 7.78. The Bertz CT molecular complexity index is 426. The molecule has 1 aliphatic rings. The molecule has 4 heteroatoms. The predicted octanol–water partition coefficient (Wildman–Crippen LogP) is 2.98. The van der Waals surface area contributed by atoms with Crippen molar-refractivity contribution in [2.45, 2.75) is 31.8 Å².